The second-order valence-corrected chi connectivity index (χ2v) is 9.19. The zero-order valence-electron chi connectivity index (χ0n) is 20.7. The maximum Gasteiger partial charge on any atom is 0.327 e. The van der Waals surface area contributed by atoms with E-state index in [4.69, 9.17) is 16.6 Å². The molecule has 1 aliphatic rings. The van der Waals surface area contributed by atoms with Gasteiger partial charge >= 0.3 is 11.9 Å². The van der Waals surface area contributed by atoms with Crippen molar-refractivity contribution >= 4 is 59.2 Å². The van der Waals surface area contributed by atoms with E-state index in [0.717, 1.165) is 11.8 Å². The molecule has 0 aromatic rings. The van der Waals surface area contributed by atoms with E-state index < -0.39 is 85.2 Å². The standard InChI is InChI=1S/C20H32N8O10S/c21-20(22)23-3-1-2-9-16(34)24-5-13(30)25-10(4-15(32)33)17(35)28-12(19(37)38)7-39-8-14(31)26-11(6-29)18(36)27-9/h9-12,29H,1-8H2,(H,24,34)(H,25,30)(H,26,31)(H,27,36)(H,28,35)(H,32,33)(H,37,38)(H4,21,22,23)/t9-,10-,11+,12-/m0/s1. The van der Waals surface area contributed by atoms with Crippen molar-refractivity contribution in [1.82, 2.24) is 26.6 Å². The van der Waals surface area contributed by atoms with Crippen molar-refractivity contribution in [3.63, 3.8) is 0 Å². The highest BCUT2D eigenvalue weighted by molar-refractivity contribution is 8.00. The summed E-state index contributed by atoms with van der Waals surface area (Å²) in [5.41, 5.74) is 10.5. The molecular formula is C20H32N8O10S. The van der Waals surface area contributed by atoms with Crippen molar-refractivity contribution in [3.05, 3.63) is 0 Å². The summed E-state index contributed by atoms with van der Waals surface area (Å²) >= 11 is 0.768. The van der Waals surface area contributed by atoms with Crippen LogP contribution in [0.3, 0.4) is 0 Å². The number of rotatable bonds is 8. The summed E-state index contributed by atoms with van der Waals surface area (Å²) in [6.45, 7) is -1.46. The molecule has 5 amide bonds. The highest BCUT2D eigenvalue weighted by Crippen LogP contribution is 2.06. The SMILES string of the molecule is NC(N)=NCCC[C@@H]1NC(=O)[C@@H](CO)NC(=O)CSC[C@@H](C(=O)O)NC(=O)[C@H](CC(=O)O)NC(=O)CNC1=O. The predicted molar refractivity (Wildman–Crippen MR) is 135 cm³/mol. The van der Waals surface area contributed by atoms with Crippen LogP contribution in [0, 0.1) is 0 Å². The maximum atomic E-state index is 12.7. The Morgan fingerprint density at radius 1 is 0.897 bits per heavy atom. The number of nitrogens with two attached hydrogens (primary N) is 2. The number of hydrogen-bond acceptors (Lipinski definition) is 10. The molecule has 0 aromatic heterocycles. The summed E-state index contributed by atoms with van der Waals surface area (Å²) in [6, 6.07) is -5.95. The number of guanidine groups is 1. The van der Waals surface area contributed by atoms with E-state index in [9.17, 15) is 43.8 Å². The van der Waals surface area contributed by atoms with E-state index in [1.807, 2.05) is 0 Å². The second-order valence-electron chi connectivity index (χ2n) is 8.16. The molecular weight excluding hydrogens is 544 g/mol. The third kappa shape index (κ3) is 12.8. The average Bonchev–Trinajstić information content (AvgIpc) is 2.85. The van der Waals surface area contributed by atoms with Crippen molar-refractivity contribution in [2.24, 2.45) is 16.5 Å². The van der Waals surface area contributed by atoms with Crippen molar-refractivity contribution in [2.45, 2.75) is 43.4 Å². The summed E-state index contributed by atoms with van der Waals surface area (Å²) < 4.78 is 0. The third-order valence-corrected chi connectivity index (χ3v) is 6.03. The number of thioether (sulfide) groups is 1. The summed E-state index contributed by atoms with van der Waals surface area (Å²) in [4.78, 5) is 89.1. The van der Waals surface area contributed by atoms with Gasteiger partial charge < -0.3 is 53.4 Å². The lowest BCUT2D eigenvalue weighted by Crippen LogP contribution is -2.57. The van der Waals surface area contributed by atoms with Crippen LogP contribution in [-0.4, -0.2) is 118 Å². The van der Waals surface area contributed by atoms with Gasteiger partial charge in [0.25, 0.3) is 0 Å². The number of amides is 5. The number of carbonyl (C=O) groups excluding carboxylic acids is 5. The highest BCUT2D eigenvalue weighted by Gasteiger charge is 2.30. The quantitative estimate of drug-likeness (QED) is 0.0733. The van der Waals surface area contributed by atoms with Crippen molar-refractivity contribution in [3.8, 4) is 0 Å². The summed E-state index contributed by atoms with van der Waals surface area (Å²) in [7, 11) is 0. The summed E-state index contributed by atoms with van der Waals surface area (Å²) in [6.07, 6.45) is -0.696. The van der Waals surface area contributed by atoms with Gasteiger partial charge in [-0.15, -0.1) is 11.8 Å². The van der Waals surface area contributed by atoms with Gasteiger partial charge in [0.15, 0.2) is 5.96 Å². The van der Waals surface area contributed by atoms with Gasteiger partial charge in [0.1, 0.15) is 24.2 Å². The molecule has 4 atom stereocenters. The molecule has 218 valence electrons. The van der Waals surface area contributed by atoms with Crippen LogP contribution in [0.2, 0.25) is 0 Å². The van der Waals surface area contributed by atoms with Gasteiger partial charge in [-0.05, 0) is 12.8 Å². The van der Waals surface area contributed by atoms with Gasteiger partial charge in [-0.3, -0.25) is 33.8 Å². The topological polar surface area (TPSA) is 305 Å². The van der Waals surface area contributed by atoms with Crippen LogP contribution < -0.4 is 38.1 Å². The Kier molecular flexibility index (Phi) is 14.1. The molecule has 0 spiro atoms. The first-order valence-electron chi connectivity index (χ1n) is 11.5. The molecule has 0 aromatic carbocycles. The molecule has 18 nitrogen and oxygen atoms in total. The lowest BCUT2D eigenvalue weighted by atomic mass is 10.1. The van der Waals surface area contributed by atoms with Crippen LogP contribution in [0.15, 0.2) is 4.99 Å². The second kappa shape index (κ2) is 16.7. The number of nitrogens with zero attached hydrogens (tertiary/aromatic N) is 1. The monoisotopic (exact) mass is 576 g/mol. The van der Waals surface area contributed by atoms with Crippen LogP contribution in [0.5, 0.6) is 0 Å². The largest absolute Gasteiger partial charge is 0.481 e. The first-order valence-corrected chi connectivity index (χ1v) is 12.6. The summed E-state index contributed by atoms with van der Waals surface area (Å²) in [5.74, 6) is -8.46. The maximum absolute atomic E-state index is 12.7. The van der Waals surface area contributed by atoms with Gasteiger partial charge in [-0.2, -0.15) is 0 Å². The molecule has 1 saturated heterocycles. The minimum atomic E-state index is -1.68. The third-order valence-electron chi connectivity index (χ3n) is 5.00. The van der Waals surface area contributed by atoms with Crippen molar-refractivity contribution in [2.75, 3.05) is 31.2 Å². The smallest absolute Gasteiger partial charge is 0.327 e. The number of aliphatic hydroxyl groups excluding tert-OH is 1. The Balaban J connectivity index is 3.18. The van der Waals surface area contributed by atoms with Gasteiger partial charge in [-0.25, -0.2) is 4.79 Å². The zero-order chi connectivity index (χ0) is 29.5. The molecule has 0 radical (unpaired) electrons. The van der Waals surface area contributed by atoms with E-state index >= 15 is 0 Å². The van der Waals surface area contributed by atoms with Crippen LogP contribution in [-0.2, 0) is 33.6 Å². The molecule has 0 bridgehead atoms. The number of aliphatic imine (C=N–C) groups is 1. The number of carboxylic acid groups (broad SMARTS) is 2. The van der Waals surface area contributed by atoms with Gasteiger partial charge in [0.2, 0.25) is 29.5 Å². The van der Waals surface area contributed by atoms with E-state index in [1.54, 1.807) is 0 Å². The fourth-order valence-electron chi connectivity index (χ4n) is 3.11. The Labute approximate surface area is 226 Å². The molecule has 39 heavy (non-hydrogen) atoms. The highest BCUT2D eigenvalue weighted by atomic mass is 32.2. The number of aliphatic carboxylic acids is 2. The Morgan fingerprint density at radius 3 is 2.13 bits per heavy atom. The average molecular weight is 577 g/mol. The van der Waals surface area contributed by atoms with E-state index in [0.29, 0.717) is 0 Å². The normalized spacial score (nSPS) is 24.0. The first-order chi connectivity index (χ1) is 18.3. The van der Waals surface area contributed by atoms with E-state index in [2.05, 4.69) is 31.6 Å². The number of carbonyl (C=O) groups is 7. The van der Waals surface area contributed by atoms with Gasteiger partial charge in [-0.1, -0.05) is 0 Å². The minimum Gasteiger partial charge on any atom is -0.481 e. The van der Waals surface area contributed by atoms with Crippen LogP contribution in [0.25, 0.3) is 0 Å². The van der Waals surface area contributed by atoms with Gasteiger partial charge in [0, 0.05) is 12.3 Å². The number of aliphatic hydroxyl groups is 1. The molecule has 0 unspecified atom stereocenters. The molecule has 12 N–H and O–H groups in total. The van der Waals surface area contributed by atoms with Crippen LogP contribution >= 0.6 is 11.8 Å². The molecule has 1 rings (SSSR count). The first kappa shape index (κ1) is 32.9. The van der Waals surface area contributed by atoms with Crippen molar-refractivity contribution in [1.29, 1.82) is 0 Å². The lowest BCUT2D eigenvalue weighted by Gasteiger charge is -2.23. The zero-order valence-corrected chi connectivity index (χ0v) is 21.5. The van der Waals surface area contributed by atoms with Crippen molar-refractivity contribution < 1.29 is 48.9 Å². The van der Waals surface area contributed by atoms with Crippen LogP contribution in [0.1, 0.15) is 19.3 Å². The fourth-order valence-corrected chi connectivity index (χ4v) is 3.96. The predicted octanol–water partition coefficient (Wildman–Crippen LogP) is -5.61. The van der Waals surface area contributed by atoms with Gasteiger partial charge in [0.05, 0.1) is 25.3 Å². The van der Waals surface area contributed by atoms with E-state index in [1.165, 1.54) is 0 Å². The summed E-state index contributed by atoms with van der Waals surface area (Å²) in [5, 5.41) is 39.1. The van der Waals surface area contributed by atoms with Crippen LogP contribution in [0.4, 0.5) is 0 Å². The number of hydrogen-bond donors (Lipinski definition) is 10. The Bertz CT molecular complexity index is 974. The Hall–Kier alpha value is -4.13. The molecule has 1 fully saturated rings. The fraction of sp³-hybridized carbons (Fsp3) is 0.600. The van der Waals surface area contributed by atoms with E-state index in [-0.39, 0.29) is 36.9 Å². The molecule has 0 aliphatic carbocycles. The lowest BCUT2D eigenvalue weighted by molar-refractivity contribution is -0.143. The molecule has 0 saturated carbocycles. The molecule has 1 aliphatic heterocycles. The number of carboxylic acids is 2. The minimum absolute atomic E-state index is 0.0153. The Morgan fingerprint density at radius 2 is 1.54 bits per heavy atom. The molecule has 19 heteroatoms. The molecule has 1 heterocycles. The number of nitrogens with one attached hydrogen (secondary N) is 5.